The van der Waals surface area contributed by atoms with Gasteiger partial charge in [0.15, 0.2) is 0 Å². The van der Waals surface area contributed by atoms with Gasteiger partial charge in [-0.3, -0.25) is 4.98 Å². The first-order chi connectivity index (χ1) is 36.9. The number of pyridine rings is 2. The van der Waals surface area contributed by atoms with Gasteiger partial charge in [0.1, 0.15) is 0 Å². The van der Waals surface area contributed by atoms with Crippen LogP contribution >= 0.6 is 0 Å². The molecule has 7 heteroatoms. The third-order valence-corrected chi connectivity index (χ3v) is 17.1. The van der Waals surface area contributed by atoms with E-state index in [2.05, 4.69) is 142 Å². The number of hydrogen-bond acceptors (Lipinski definition) is 4. The summed E-state index contributed by atoms with van der Waals surface area (Å²) in [6, 6.07) is 70.1. The number of para-hydroxylation sites is 1. The molecular formula is C65H54GeIrN4O-2. The van der Waals surface area contributed by atoms with Crippen molar-refractivity contribution in [2.24, 2.45) is 0 Å². The van der Waals surface area contributed by atoms with Crippen molar-refractivity contribution in [2.45, 2.75) is 50.2 Å². The van der Waals surface area contributed by atoms with Gasteiger partial charge in [-0.25, -0.2) is 4.98 Å². The molecule has 355 valence electrons. The molecule has 5 nitrogen and oxygen atoms in total. The largest absolute Gasteiger partial charge is 0.486 e. The predicted molar refractivity (Wildman–Crippen MR) is 298 cm³/mol. The van der Waals surface area contributed by atoms with E-state index in [1.54, 1.807) is 30.3 Å². The molecule has 0 fully saturated rings. The number of imidazole rings is 1. The van der Waals surface area contributed by atoms with Crippen molar-refractivity contribution in [2.75, 3.05) is 0 Å². The van der Waals surface area contributed by atoms with Gasteiger partial charge in [0.05, 0.1) is 28.1 Å². The van der Waals surface area contributed by atoms with Crippen LogP contribution < -0.4 is 4.40 Å². The standard InChI is InChI=1S/C47H30N3O.C18H24GeN.Ir/c1-4-14-31(15-5-1)30-35-27-28-40-39-24-13-25-41(45(39)51-47(40)48-35)46-49-43-36-21-11-10-20-34(36)26-29-42(43)50(46)44-37(32-16-6-2-7-17-32)22-12-23-38(44)33-18-8-3-9-19-33;1-13(2)16-11-18(15-9-7-14(3)8-10-15)20-12-17(16)19(4,5)6;/h1-24,26-29H,30H2;7-9,11-13H,1-6H3;/q2*-1;/i30D2;3D3,13D;. The third kappa shape index (κ3) is 9.51. The molecular weight excluding hydrogens is 1120 g/mol. The minimum atomic E-state index is -2.14. The Morgan fingerprint density at radius 1 is 0.694 bits per heavy atom. The molecule has 4 heterocycles. The minimum absolute atomic E-state index is 0. The summed E-state index contributed by atoms with van der Waals surface area (Å²) >= 11 is -2.14. The van der Waals surface area contributed by atoms with Crippen LogP contribution in [0, 0.1) is 19.0 Å². The Labute approximate surface area is 446 Å². The van der Waals surface area contributed by atoms with E-state index < -0.39 is 32.4 Å². The maximum atomic E-state index is 8.97. The molecule has 0 bridgehead atoms. The van der Waals surface area contributed by atoms with Crippen LogP contribution in [0.1, 0.15) is 50.4 Å². The summed E-state index contributed by atoms with van der Waals surface area (Å²) in [5.74, 6) is 6.86. The van der Waals surface area contributed by atoms with Crippen molar-refractivity contribution in [3.8, 4) is 50.6 Å². The van der Waals surface area contributed by atoms with Gasteiger partial charge in [0.25, 0.3) is 0 Å². The number of nitrogens with zero attached hydrogens (tertiary/aromatic N) is 4. The van der Waals surface area contributed by atoms with Crippen molar-refractivity contribution >= 4 is 61.5 Å². The van der Waals surface area contributed by atoms with E-state index in [4.69, 9.17) is 22.6 Å². The summed E-state index contributed by atoms with van der Waals surface area (Å²) < 4.78 is 58.9. The van der Waals surface area contributed by atoms with Gasteiger partial charge in [-0.1, -0.05) is 150 Å². The second-order valence-corrected chi connectivity index (χ2v) is 29.5. The summed E-state index contributed by atoms with van der Waals surface area (Å²) in [5, 5.41) is 3.81. The molecule has 12 rings (SSSR count). The molecule has 0 spiro atoms. The maximum Gasteiger partial charge on any atom is 0.216 e. The van der Waals surface area contributed by atoms with Crippen LogP contribution in [0.3, 0.4) is 0 Å². The molecule has 4 aromatic heterocycles. The van der Waals surface area contributed by atoms with Crippen LogP contribution in [0.25, 0.3) is 94.5 Å². The smallest absolute Gasteiger partial charge is 0.216 e. The molecule has 0 amide bonds. The van der Waals surface area contributed by atoms with Gasteiger partial charge < -0.3 is 8.98 Å². The van der Waals surface area contributed by atoms with Crippen molar-refractivity contribution in [1.82, 2.24) is 19.5 Å². The fourth-order valence-electron chi connectivity index (χ4n) is 9.42. The Kier molecular flexibility index (Phi) is 11.8. The number of benzene rings is 8. The number of aromatic nitrogens is 4. The first kappa shape index (κ1) is 41.4. The number of furan rings is 1. The summed E-state index contributed by atoms with van der Waals surface area (Å²) in [7, 11) is 0. The Morgan fingerprint density at radius 3 is 2.06 bits per heavy atom. The second-order valence-electron chi connectivity index (χ2n) is 19.0. The van der Waals surface area contributed by atoms with E-state index in [1.807, 2.05) is 74.6 Å². The van der Waals surface area contributed by atoms with Gasteiger partial charge >= 0.3 is 131 Å². The molecule has 0 saturated heterocycles. The second kappa shape index (κ2) is 20.5. The molecule has 0 aliphatic heterocycles. The fraction of sp³-hybridized carbons (Fsp3) is 0.123. The van der Waals surface area contributed by atoms with Crippen LogP contribution in [-0.4, -0.2) is 32.8 Å². The van der Waals surface area contributed by atoms with Crippen LogP contribution in [0.15, 0.2) is 205 Å². The summed E-state index contributed by atoms with van der Waals surface area (Å²) in [6.45, 7) is 1.66. The topological polar surface area (TPSA) is 56.7 Å². The van der Waals surface area contributed by atoms with Crippen molar-refractivity contribution in [3.05, 3.63) is 235 Å². The van der Waals surface area contributed by atoms with E-state index in [9.17, 15) is 0 Å². The van der Waals surface area contributed by atoms with E-state index in [0.717, 1.165) is 77.3 Å². The fourth-order valence-corrected chi connectivity index (χ4v) is 12.7. The SMILES string of the molecule is [2H]C([2H])([2H])c1c[c-]c(-c2cc(C([2H])(C)C)[c]([Ge]([CH3])([CH3])[CH3])cn2)cc1.[2H]C([2H])(c1ccccc1)c1ccc2c(n1)oc1c(-c3nc4c5ccccc5ccc4n3-c3c(-c4ccccc4)cccc3-c3ccccc3)[c-]ccc12.[Ir]. The number of rotatable bonds is 9. The van der Waals surface area contributed by atoms with Gasteiger partial charge in [-0.2, -0.15) is 0 Å². The minimum Gasteiger partial charge on any atom is -0.486 e. The number of hydrogen-bond donors (Lipinski definition) is 0. The molecule has 1 radical (unpaired) electrons. The first-order valence-electron chi connectivity index (χ1n) is 26.8. The van der Waals surface area contributed by atoms with E-state index in [0.29, 0.717) is 28.2 Å². The number of aryl methyl sites for hydroxylation is 1. The van der Waals surface area contributed by atoms with E-state index in [1.165, 1.54) is 10.5 Å². The molecule has 0 saturated carbocycles. The Morgan fingerprint density at radius 2 is 1.39 bits per heavy atom. The molecule has 0 aliphatic carbocycles. The van der Waals surface area contributed by atoms with Gasteiger partial charge in [-0.15, -0.1) is 18.2 Å². The zero-order valence-electron chi connectivity index (χ0n) is 46.6. The van der Waals surface area contributed by atoms with Crippen molar-refractivity contribution < 1.29 is 32.7 Å². The number of fused-ring (bicyclic) bond motifs is 6. The third-order valence-electron chi connectivity index (χ3n) is 12.9. The average Bonchev–Trinajstić information content (AvgIpc) is 4.01. The predicted octanol–water partition coefficient (Wildman–Crippen LogP) is 16.4. The molecule has 0 unspecified atom stereocenters. The first-order valence-corrected chi connectivity index (χ1v) is 31.2. The van der Waals surface area contributed by atoms with Crippen LogP contribution in [0.4, 0.5) is 0 Å². The summed E-state index contributed by atoms with van der Waals surface area (Å²) in [4.78, 5) is 14.8. The molecule has 72 heavy (non-hydrogen) atoms. The van der Waals surface area contributed by atoms with Crippen LogP contribution in [0.5, 0.6) is 0 Å². The average molecular weight is 1180 g/mol. The zero-order valence-corrected chi connectivity index (χ0v) is 45.1. The van der Waals surface area contributed by atoms with Crippen LogP contribution in [-0.2, 0) is 26.5 Å². The molecule has 0 atom stereocenters. The quantitative estimate of drug-likeness (QED) is 0.107. The molecule has 0 N–H and O–H groups in total. The van der Waals surface area contributed by atoms with Gasteiger partial charge in [0.2, 0.25) is 5.71 Å². The van der Waals surface area contributed by atoms with E-state index in [-0.39, 0.29) is 31.4 Å². The van der Waals surface area contributed by atoms with Crippen LogP contribution in [0.2, 0.25) is 17.3 Å². The summed E-state index contributed by atoms with van der Waals surface area (Å²) in [5.41, 5.74) is 12.3. The molecule has 0 aliphatic rings. The Balaban J connectivity index is 0.000000233. The zero-order chi connectivity index (χ0) is 53.9. The normalized spacial score (nSPS) is 13.3. The van der Waals surface area contributed by atoms with E-state index >= 15 is 0 Å². The molecule has 8 aromatic carbocycles. The van der Waals surface area contributed by atoms with Gasteiger partial charge in [0, 0.05) is 56.8 Å². The van der Waals surface area contributed by atoms with Crippen molar-refractivity contribution in [3.63, 3.8) is 0 Å². The Hall–Kier alpha value is -7.22. The monoisotopic (exact) mass is 1180 g/mol. The van der Waals surface area contributed by atoms with Crippen molar-refractivity contribution in [1.29, 1.82) is 0 Å². The van der Waals surface area contributed by atoms with Gasteiger partial charge in [-0.05, 0) is 40.3 Å². The maximum absolute atomic E-state index is 8.97. The molecule has 12 aromatic rings. The summed E-state index contributed by atoms with van der Waals surface area (Å²) in [6.07, 6.45) is 0.0971. The Bertz CT molecular complexity index is 4080.